The zero-order valence-electron chi connectivity index (χ0n) is 14.5. The number of amides is 1. The van der Waals surface area contributed by atoms with Crippen molar-refractivity contribution in [2.75, 3.05) is 46.0 Å². The second kappa shape index (κ2) is 6.92. The molecule has 1 aromatic rings. The van der Waals surface area contributed by atoms with Crippen LogP contribution in [0.1, 0.15) is 24.0 Å². The molecule has 2 saturated heterocycles. The van der Waals surface area contributed by atoms with E-state index in [-0.39, 0.29) is 12.5 Å². The fourth-order valence-electron chi connectivity index (χ4n) is 4.05. The molecule has 0 spiro atoms. The number of piperidine rings is 1. The molecule has 1 atom stereocenters. The van der Waals surface area contributed by atoms with E-state index >= 15 is 4.39 Å². The molecule has 5 nitrogen and oxygen atoms in total. The summed E-state index contributed by atoms with van der Waals surface area (Å²) in [5.41, 5.74) is 0.618. The van der Waals surface area contributed by atoms with Gasteiger partial charge in [0.05, 0.1) is 19.8 Å². The standard InChI is InChI=1S/C19H25FN2O3/c20-19(18(23)22-7-10-24-11-8-22)5-1-6-21(14-19)13-15-2-3-17-16(12-15)4-9-25-17/h2-3,12H,1,4-11,13-14H2. The summed E-state index contributed by atoms with van der Waals surface area (Å²) in [7, 11) is 0. The average Bonchev–Trinajstić information content (AvgIpc) is 3.10. The lowest BCUT2D eigenvalue weighted by Gasteiger charge is -2.40. The van der Waals surface area contributed by atoms with Crippen LogP contribution in [-0.4, -0.2) is 67.4 Å². The van der Waals surface area contributed by atoms with Crippen LogP contribution in [-0.2, 0) is 22.5 Å². The van der Waals surface area contributed by atoms with Gasteiger partial charge in [0.2, 0.25) is 5.67 Å². The number of nitrogens with zero attached hydrogens (tertiary/aromatic N) is 2. The first-order valence-electron chi connectivity index (χ1n) is 9.17. The Kier molecular flexibility index (Phi) is 4.65. The molecular formula is C19H25FN2O3. The number of carbonyl (C=O) groups excluding carboxylic acids is 1. The van der Waals surface area contributed by atoms with Gasteiger partial charge in [0.1, 0.15) is 5.75 Å². The highest BCUT2D eigenvalue weighted by Gasteiger charge is 2.45. The number of hydrogen-bond donors (Lipinski definition) is 0. The van der Waals surface area contributed by atoms with Gasteiger partial charge in [0, 0.05) is 32.6 Å². The monoisotopic (exact) mass is 348 g/mol. The molecule has 0 saturated carbocycles. The second-order valence-electron chi connectivity index (χ2n) is 7.22. The summed E-state index contributed by atoms with van der Waals surface area (Å²) in [4.78, 5) is 16.4. The fraction of sp³-hybridized carbons (Fsp3) is 0.632. The van der Waals surface area contributed by atoms with Crippen molar-refractivity contribution in [1.29, 1.82) is 0 Å². The molecule has 0 radical (unpaired) electrons. The van der Waals surface area contributed by atoms with E-state index in [1.807, 2.05) is 12.1 Å². The lowest BCUT2D eigenvalue weighted by atomic mass is 9.92. The SMILES string of the molecule is O=C(N1CCOCC1)C1(F)CCCN(Cc2ccc3c(c2)CCO3)C1. The topological polar surface area (TPSA) is 42.0 Å². The van der Waals surface area contributed by atoms with Crippen LogP contribution in [0, 0.1) is 0 Å². The Morgan fingerprint density at radius 2 is 2.04 bits per heavy atom. The van der Waals surface area contributed by atoms with E-state index in [2.05, 4.69) is 11.0 Å². The smallest absolute Gasteiger partial charge is 0.261 e. The van der Waals surface area contributed by atoms with Crippen molar-refractivity contribution in [2.45, 2.75) is 31.5 Å². The molecule has 136 valence electrons. The average molecular weight is 348 g/mol. The number of benzene rings is 1. The lowest BCUT2D eigenvalue weighted by molar-refractivity contribution is -0.152. The molecule has 3 aliphatic rings. The van der Waals surface area contributed by atoms with Crippen molar-refractivity contribution >= 4 is 5.91 Å². The van der Waals surface area contributed by atoms with Crippen LogP contribution in [0.3, 0.4) is 0 Å². The molecule has 1 amide bonds. The molecule has 4 rings (SSSR count). The van der Waals surface area contributed by atoms with Crippen LogP contribution in [0.2, 0.25) is 0 Å². The summed E-state index contributed by atoms with van der Waals surface area (Å²) in [6.07, 6.45) is 1.96. The molecule has 3 aliphatic heterocycles. The second-order valence-corrected chi connectivity index (χ2v) is 7.22. The van der Waals surface area contributed by atoms with Gasteiger partial charge in [-0.2, -0.15) is 0 Å². The van der Waals surface area contributed by atoms with E-state index in [0.29, 0.717) is 45.7 Å². The van der Waals surface area contributed by atoms with E-state index in [1.54, 1.807) is 4.90 Å². The first kappa shape index (κ1) is 16.8. The van der Waals surface area contributed by atoms with Crippen molar-refractivity contribution in [3.8, 4) is 5.75 Å². The molecular weight excluding hydrogens is 323 g/mol. The molecule has 0 aliphatic carbocycles. The van der Waals surface area contributed by atoms with Crippen LogP contribution < -0.4 is 4.74 Å². The number of fused-ring (bicyclic) bond motifs is 1. The van der Waals surface area contributed by atoms with Gasteiger partial charge in [0.25, 0.3) is 5.91 Å². The summed E-state index contributed by atoms with van der Waals surface area (Å²) in [5.74, 6) is 0.604. The van der Waals surface area contributed by atoms with E-state index < -0.39 is 5.67 Å². The van der Waals surface area contributed by atoms with Gasteiger partial charge in [-0.05, 0) is 36.6 Å². The van der Waals surface area contributed by atoms with Crippen LogP contribution >= 0.6 is 0 Å². The molecule has 1 aromatic carbocycles. The van der Waals surface area contributed by atoms with E-state index in [9.17, 15) is 4.79 Å². The van der Waals surface area contributed by atoms with Gasteiger partial charge in [-0.3, -0.25) is 9.69 Å². The minimum Gasteiger partial charge on any atom is -0.493 e. The summed E-state index contributed by atoms with van der Waals surface area (Å²) in [5, 5.41) is 0. The maximum Gasteiger partial charge on any atom is 0.261 e. The third-order valence-corrected chi connectivity index (χ3v) is 5.36. The summed E-state index contributed by atoms with van der Waals surface area (Å²) >= 11 is 0. The Bertz CT molecular complexity index is 648. The maximum atomic E-state index is 15.4. The van der Waals surface area contributed by atoms with E-state index in [0.717, 1.165) is 30.9 Å². The zero-order chi connectivity index (χ0) is 17.3. The van der Waals surface area contributed by atoms with Crippen LogP contribution in [0.4, 0.5) is 4.39 Å². The zero-order valence-corrected chi connectivity index (χ0v) is 14.5. The molecule has 3 heterocycles. The number of carbonyl (C=O) groups is 1. The molecule has 0 bridgehead atoms. The molecule has 0 aromatic heterocycles. The van der Waals surface area contributed by atoms with Crippen LogP contribution in [0.15, 0.2) is 18.2 Å². The first-order chi connectivity index (χ1) is 12.1. The highest BCUT2D eigenvalue weighted by Crippen LogP contribution is 2.30. The van der Waals surface area contributed by atoms with Gasteiger partial charge >= 0.3 is 0 Å². The minimum atomic E-state index is -1.77. The fourth-order valence-corrected chi connectivity index (χ4v) is 4.05. The van der Waals surface area contributed by atoms with Crippen molar-refractivity contribution in [3.63, 3.8) is 0 Å². The Morgan fingerprint density at radius 1 is 1.20 bits per heavy atom. The number of morpholine rings is 1. The lowest BCUT2D eigenvalue weighted by Crippen LogP contribution is -2.57. The Hall–Kier alpha value is -1.66. The van der Waals surface area contributed by atoms with Crippen LogP contribution in [0.5, 0.6) is 5.75 Å². The van der Waals surface area contributed by atoms with Crippen molar-refractivity contribution in [3.05, 3.63) is 29.3 Å². The largest absolute Gasteiger partial charge is 0.493 e. The highest BCUT2D eigenvalue weighted by molar-refractivity contribution is 5.85. The Morgan fingerprint density at radius 3 is 2.88 bits per heavy atom. The van der Waals surface area contributed by atoms with Gasteiger partial charge < -0.3 is 14.4 Å². The summed E-state index contributed by atoms with van der Waals surface area (Å²) in [6.45, 7) is 4.42. The van der Waals surface area contributed by atoms with Gasteiger partial charge in [0.15, 0.2) is 0 Å². The quantitative estimate of drug-likeness (QED) is 0.835. The van der Waals surface area contributed by atoms with Crippen LogP contribution in [0.25, 0.3) is 0 Å². The number of likely N-dealkylation sites (tertiary alicyclic amines) is 1. The number of ether oxygens (including phenoxy) is 2. The minimum absolute atomic E-state index is 0.177. The molecule has 2 fully saturated rings. The van der Waals surface area contributed by atoms with Gasteiger partial charge in [-0.15, -0.1) is 0 Å². The molecule has 25 heavy (non-hydrogen) atoms. The predicted octanol–water partition coefficient (Wildman–Crippen LogP) is 1.78. The highest BCUT2D eigenvalue weighted by atomic mass is 19.1. The number of hydrogen-bond acceptors (Lipinski definition) is 4. The van der Waals surface area contributed by atoms with Gasteiger partial charge in [-0.1, -0.05) is 12.1 Å². The van der Waals surface area contributed by atoms with Crippen molar-refractivity contribution in [2.24, 2.45) is 0 Å². The van der Waals surface area contributed by atoms with Crippen molar-refractivity contribution < 1.29 is 18.7 Å². The summed E-state index contributed by atoms with van der Waals surface area (Å²) in [6, 6.07) is 6.20. The molecule has 6 heteroatoms. The number of halogens is 1. The normalized spacial score (nSPS) is 27.0. The number of alkyl halides is 1. The first-order valence-corrected chi connectivity index (χ1v) is 9.17. The van der Waals surface area contributed by atoms with E-state index in [1.165, 1.54) is 5.56 Å². The Labute approximate surface area is 147 Å². The Balaban J connectivity index is 1.42. The van der Waals surface area contributed by atoms with E-state index in [4.69, 9.17) is 9.47 Å². The predicted molar refractivity (Wildman–Crippen MR) is 91.4 cm³/mol. The molecule has 1 unspecified atom stereocenters. The van der Waals surface area contributed by atoms with Crippen molar-refractivity contribution in [1.82, 2.24) is 9.80 Å². The summed E-state index contributed by atoms with van der Waals surface area (Å²) < 4.78 is 26.2. The third kappa shape index (κ3) is 3.51. The molecule has 0 N–H and O–H groups in total. The maximum absolute atomic E-state index is 15.4. The number of rotatable bonds is 3. The third-order valence-electron chi connectivity index (χ3n) is 5.36. The van der Waals surface area contributed by atoms with Gasteiger partial charge in [-0.25, -0.2) is 4.39 Å².